The van der Waals surface area contributed by atoms with Crippen LogP contribution in [0.3, 0.4) is 0 Å². The van der Waals surface area contributed by atoms with Crippen LogP contribution in [-0.4, -0.2) is 51.0 Å². The maximum atomic E-state index is 12.8. The SMILES string of the molecule is CC(C)c1ccccc1-c1ncc2c(n1)N(Cc1ccc(C(=O)N3CC(O)C3)cc1)C(=O)C2. The average Bonchev–Trinajstić information content (AvgIpc) is 3.11. The summed E-state index contributed by atoms with van der Waals surface area (Å²) in [5.74, 6) is 1.50. The molecule has 2 amide bonds. The number of aliphatic hydroxyl groups is 1. The summed E-state index contributed by atoms with van der Waals surface area (Å²) in [6.07, 6.45) is 1.62. The van der Waals surface area contributed by atoms with Crippen LogP contribution in [0.15, 0.2) is 54.7 Å². The molecule has 0 atom stereocenters. The van der Waals surface area contributed by atoms with Gasteiger partial charge in [-0.25, -0.2) is 9.97 Å². The van der Waals surface area contributed by atoms with Crippen LogP contribution in [0.25, 0.3) is 11.4 Å². The zero-order valence-electron chi connectivity index (χ0n) is 18.7. The second kappa shape index (κ2) is 8.41. The number of β-amino-alcohol motifs (C(OH)–C–C–N with tert-alkyl or cyclic N) is 1. The van der Waals surface area contributed by atoms with Gasteiger partial charge in [-0.15, -0.1) is 0 Å². The Morgan fingerprint density at radius 3 is 2.55 bits per heavy atom. The Balaban J connectivity index is 1.39. The maximum absolute atomic E-state index is 12.8. The van der Waals surface area contributed by atoms with Gasteiger partial charge in [0.2, 0.25) is 5.91 Å². The van der Waals surface area contributed by atoms with Crippen LogP contribution < -0.4 is 4.90 Å². The molecule has 0 radical (unpaired) electrons. The maximum Gasteiger partial charge on any atom is 0.254 e. The predicted molar refractivity (Wildman–Crippen MR) is 125 cm³/mol. The molecule has 5 rings (SSSR count). The van der Waals surface area contributed by atoms with Gasteiger partial charge in [0.25, 0.3) is 5.91 Å². The van der Waals surface area contributed by atoms with Crippen molar-refractivity contribution >= 4 is 17.6 Å². The number of nitrogens with zero attached hydrogens (tertiary/aromatic N) is 4. The van der Waals surface area contributed by atoms with Crippen molar-refractivity contribution in [1.29, 1.82) is 0 Å². The van der Waals surface area contributed by atoms with Gasteiger partial charge in [0.05, 0.1) is 19.1 Å². The lowest BCUT2D eigenvalue weighted by molar-refractivity contribution is -0.117. The number of carbonyl (C=O) groups is 2. The van der Waals surface area contributed by atoms with E-state index in [0.717, 1.165) is 16.7 Å². The number of anilines is 1. The highest BCUT2D eigenvalue weighted by Gasteiger charge is 2.31. The number of likely N-dealkylation sites (tertiary alicyclic amines) is 1. The van der Waals surface area contributed by atoms with Crippen molar-refractivity contribution in [3.05, 3.63) is 77.0 Å². The molecule has 3 heterocycles. The minimum atomic E-state index is -0.422. The molecule has 0 saturated carbocycles. The first kappa shape index (κ1) is 21.3. The molecule has 33 heavy (non-hydrogen) atoms. The van der Waals surface area contributed by atoms with Crippen LogP contribution in [0.5, 0.6) is 0 Å². The Morgan fingerprint density at radius 2 is 1.85 bits per heavy atom. The Hall–Kier alpha value is -3.58. The zero-order valence-corrected chi connectivity index (χ0v) is 18.7. The minimum absolute atomic E-state index is 0.0108. The van der Waals surface area contributed by atoms with E-state index in [2.05, 4.69) is 24.9 Å². The van der Waals surface area contributed by atoms with Crippen LogP contribution in [0.1, 0.15) is 46.8 Å². The van der Waals surface area contributed by atoms with Crippen molar-refractivity contribution in [2.24, 2.45) is 0 Å². The largest absolute Gasteiger partial charge is 0.389 e. The van der Waals surface area contributed by atoms with E-state index >= 15 is 0 Å². The molecule has 1 N–H and O–H groups in total. The van der Waals surface area contributed by atoms with Gasteiger partial charge < -0.3 is 10.0 Å². The van der Waals surface area contributed by atoms with E-state index in [9.17, 15) is 14.7 Å². The molecular formula is C26H26N4O3. The van der Waals surface area contributed by atoms with E-state index < -0.39 is 6.10 Å². The quantitative estimate of drug-likeness (QED) is 0.656. The molecule has 0 unspecified atom stereocenters. The fraction of sp³-hybridized carbons (Fsp3) is 0.308. The van der Waals surface area contributed by atoms with Gasteiger partial charge in [0.15, 0.2) is 5.82 Å². The highest BCUT2D eigenvalue weighted by molar-refractivity contribution is 6.00. The van der Waals surface area contributed by atoms with E-state index in [1.165, 1.54) is 5.56 Å². The van der Waals surface area contributed by atoms with E-state index in [4.69, 9.17) is 4.98 Å². The van der Waals surface area contributed by atoms with Gasteiger partial charge in [-0.05, 0) is 29.2 Å². The molecule has 0 spiro atoms. The summed E-state index contributed by atoms with van der Waals surface area (Å²) >= 11 is 0. The van der Waals surface area contributed by atoms with Crippen LogP contribution >= 0.6 is 0 Å². The van der Waals surface area contributed by atoms with Gasteiger partial charge in [-0.3, -0.25) is 14.5 Å². The minimum Gasteiger partial charge on any atom is -0.389 e. The summed E-state index contributed by atoms with van der Waals surface area (Å²) in [5.41, 5.74) is 4.47. The normalized spacial score (nSPS) is 15.7. The molecule has 7 heteroatoms. The summed E-state index contributed by atoms with van der Waals surface area (Å²) in [6.45, 7) is 5.41. The first-order chi connectivity index (χ1) is 15.9. The van der Waals surface area contributed by atoms with E-state index in [0.29, 0.717) is 42.8 Å². The molecule has 0 aliphatic carbocycles. The lowest BCUT2D eigenvalue weighted by Crippen LogP contribution is -2.53. The Labute approximate surface area is 192 Å². The van der Waals surface area contributed by atoms with Gasteiger partial charge >= 0.3 is 0 Å². The summed E-state index contributed by atoms with van der Waals surface area (Å²) < 4.78 is 0. The Kier molecular flexibility index (Phi) is 5.42. The number of carbonyl (C=O) groups excluding carboxylic acids is 2. The summed E-state index contributed by atoms with van der Waals surface area (Å²) in [7, 11) is 0. The molecule has 2 aliphatic rings. The molecule has 1 fully saturated rings. The van der Waals surface area contributed by atoms with Crippen LogP contribution in [0.2, 0.25) is 0 Å². The topological polar surface area (TPSA) is 86.6 Å². The number of aromatic nitrogens is 2. The van der Waals surface area contributed by atoms with E-state index in [-0.39, 0.29) is 18.2 Å². The molecule has 3 aromatic rings. The Morgan fingerprint density at radius 1 is 1.12 bits per heavy atom. The number of hydrogen-bond donors (Lipinski definition) is 1. The third-order valence-corrected chi connectivity index (χ3v) is 6.25. The highest BCUT2D eigenvalue weighted by Crippen LogP contribution is 2.32. The fourth-order valence-corrected chi connectivity index (χ4v) is 4.37. The van der Waals surface area contributed by atoms with E-state index in [1.54, 1.807) is 28.1 Å². The van der Waals surface area contributed by atoms with Gasteiger partial charge in [0.1, 0.15) is 5.82 Å². The summed E-state index contributed by atoms with van der Waals surface area (Å²) in [5, 5.41) is 9.42. The van der Waals surface area contributed by atoms with Crippen molar-refractivity contribution < 1.29 is 14.7 Å². The lowest BCUT2D eigenvalue weighted by Gasteiger charge is -2.35. The van der Waals surface area contributed by atoms with Crippen LogP contribution in [0, 0.1) is 0 Å². The van der Waals surface area contributed by atoms with Gasteiger partial charge in [-0.1, -0.05) is 50.2 Å². The third kappa shape index (κ3) is 4.00. The number of aliphatic hydroxyl groups excluding tert-OH is 1. The van der Waals surface area contributed by atoms with Crippen molar-refractivity contribution in [1.82, 2.24) is 14.9 Å². The molecule has 2 aromatic carbocycles. The number of rotatable bonds is 5. The number of benzene rings is 2. The first-order valence-corrected chi connectivity index (χ1v) is 11.2. The molecule has 1 saturated heterocycles. The Bertz CT molecular complexity index is 1220. The molecule has 2 aliphatic heterocycles. The number of fused-ring (bicyclic) bond motifs is 1. The van der Waals surface area contributed by atoms with Crippen molar-refractivity contribution in [3.63, 3.8) is 0 Å². The molecule has 0 bridgehead atoms. The highest BCUT2D eigenvalue weighted by atomic mass is 16.3. The van der Waals surface area contributed by atoms with E-state index in [1.807, 2.05) is 30.3 Å². The molecular weight excluding hydrogens is 416 g/mol. The van der Waals surface area contributed by atoms with Crippen LogP contribution in [-0.2, 0) is 17.8 Å². The van der Waals surface area contributed by atoms with Crippen LogP contribution in [0.4, 0.5) is 5.82 Å². The standard InChI is InChI=1S/C26H26N4O3/c1-16(2)21-5-3-4-6-22(21)24-27-12-19-11-23(32)30(25(19)28-24)13-17-7-9-18(10-8-17)26(33)29-14-20(31)15-29/h3-10,12,16,20,31H,11,13-15H2,1-2H3. The summed E-state index contributed by atoms with van der Waals surface area (Å²) in [6, 6.07) is 15.4. The molecule has 7 nitrogen and oxygen atoms in total. The van der Waals surface area contributed by atoms with Crippen molar-refractivity contribution in [3.8, 4) is 11.4 Å². The zero-order chi connectivity index (χ0) is 23.1. The third-order valence-electron chi connectivity index (χ3n) is 6.25. The monoisotopic (exact) mass is 442 g/mol. The second-order valence-electron chi connectivity index (χ2n) is 9.00. The number of hydrogen-bond acceptors (Lipinski definition) is 5. The molecule has 1 aromatic heterocycles. The lowest BCUT2D eigenvalue weighted by atomic mass is 9.97. The van der Waals surface area contributed by atoms with Crippen molar-refractivity contribution in [2.45, 2.75) is 38.8 Å². The van der Waals surface area contributed by atoms with Crippen molar-refractivity contribution in [2.75, 3.05) is 18.0 Å². The average molecular weight is 443 g/mol. The number of amides is 2. The first-order valence-electron chi connectivity index (χ1n) is 11.2. The second-order valence-corrected chi connectivity index (χ2v) is 9.00. The fourth-order valence-electron chi connectivity index (χ4n) is 4.37. The smallest absolute Gasteiger partial charge is 0.254 e. The molecule has 168 valence electrons. The van der Waals surface area contributed by atoms with Gasteiger partial charge in [0, 0.05) is 36.0 Å². The summed E-state index contributed by atoms with van der Waals surface area (Å²) in [4.78, 5) is 37.9. The van der Waals surface area contributed by atoms with Gasteiger partial charge in [-0.2, -0.15) is 0 Å². The predicted octanol–water partition coefficient (Wildman–Crippen LogP) is 3.17.